The Morgan fingerprint density at radius 3 is 2.84 bits per heavy atom. The van der Waals surface area contributed by atoms with E-state index in [-0.39, 0.29) is 0 Å². The summed E-state index contributed by atoms with van der Waals surface area (Å²) in [6.07, 6.45) is 3.16. The molecular formula is C17H15ClN4O2S. The fourth-order valence-corrected chi connectivity index (χ4v) is 2.45. The Balaban J connectivity index is 1.75. The number of hydrogen-bond donors (Lipinski definition) is 1. The van der Waals surface area contributed by atoms with Gasteiger partial charge in [-0.2, -0.15) is 14.9 Å². The lowest BCUT2D eigenvalue weighted by molar-refractivity contribution is 0.284. The van der Waals surface area contributed by atoms with Crippen LogP contribution in [-0.4, -0.2) is 28.2 Å². The first kappa shape index (κ1) is 17.2. The summed E-state index contributed by atoms with van der Waals surface area (Å²) >= 11 is 11.2. The average Bonchev–Trinajstić information content (AvgIpc) is 3.04. The number of halogens is 1. The predicted octanol–water partition coefficient (Wildman–Crippen LogP) is 4.06. The maximum atomic E-state index is 6.15. The zero-order valence-electron chi connectivity index (χ0n) is 13.3. The number of benzene rings is 2. The Bertz CT molecular complexity index is 952. The summed E-state index contributed by atoms with van der Waals surface area (Å²) in [5.41, 5.74) is 1.75. The van der Waals surface area contributed by atoms with Gasteiger partial charge in [-0.3, -0.25) is 5.10 Å². The van der Waals surface area contributed by atoms with Crippen LogP contribution in [0.4, 0.5) is 0 Å². The fraction of sp³-hybridized carbons (Fsp3) is 0.118. The van der Waals surface area contributed by atoms with Crippen LogP contribution in [-0.2, 0) is 6.61 Å². The molecule has 8 heteroatoms. The van der Waals surface area contributed by atoms with Crippen molar-refractivity contribution in [3.8, 4) is 11.5 Å². The molecule has 0 aliphatic carbocycles. The van der Waals surface area contributed by atoms with Crippen molar-refractivity contribution in [2.45, 2.75) is 6.61 Å². The summed E-state index contributed by atoms with van der Waals surface area (Å²) in [4.78, 5) is 0. The third-order valence-corrected chi connectivity index (χ3v) is 4.04. The van der Waals surface area contributed by atoms with Crippen LogP contribution in [0.1, 0.15) is 11.1 Å². The molecule has 2 aromatic carbocycles. The average molecular weight is 375 g/mol. The number of rotatable bonds is 6. The number of aromatic nitrogens is 3. The van der Waals surface area contributed by atoms with E-state index in [4.69, 9.17) is 33.3 Å². The van der Waals surface area contributed by atoms with Crippen LogP contribution in [0.3, 0.4) is 0 Å². The van der Waals surface area contributed by atoms with Crippen molar-refractivity contribution in [2.24, 2.45) is 5.10 Å². The Morgan fingerprint density at radius 2 is 2.12 bits per heavy atom. The molecule has 1 N–H and O–H groups in total. The highest BCUT2D eigenvalue weighted by atomic mass is 35.5. The molecule has 0 aliphatic heterocycles. The summed E-state index contributed by atoms with van der Waals surface area (Å²) in [6, 6.07) is 13.1. The number of ether oxygens (including phenoxy) is 2. The van der Waals surface area contributed by atoms with E-state index in [0.717, 1.165) is 11.1 Å². The smallest absolute Gasteiger partial charge is 0.216 e. The highest BCUT2D eigenvalue weighted by Crippen LogP contribution is 2.29. The van der Waals surface area contributed by atoms with Gasteiger partial charge in [-0.1, -0.05) is 29.8 Å². The third kappa shape index (κ3) is 4.26. The maximum Gasteiger partial charge on any atom is 0.216 e. The van der Waals surface area contributed by atoms with Crippen molar-refractivity contribution in [1.29, 1.82) is 0 Å². The van der Waals surface area contributed by atoms with Gasteiger partial charge in [0.2, 0.25) is 4.77 Å². The van der Waals surface area contributed by atoms with Crippen LogP contribution < -0.4 is 9.47 Å². The van der Waals surface area contributed by atoms with Gasteiger partial charge >= 0.3 is 0 Å². The quantitative estimate of drug-likeness (QED) is 0.522. The Kier molecular flexibility index (Phi) is 5.47. The molecule has 0 saturated heterocycles. The highest BCUT2D eigenvalue weighted by molar-refractivity contribution is 7.71. The van der Waals surface area contributed by atoms with Crippen LogP contribution in [0.15, 0.2) is 53.9 Å². The molecule has 0 fully saturated rings. The van der Waals surface area contributed by atoms with E-state index in [1.807, 2.05) is 42.5 Å². The zero-order valence-corrected chi connectivity index (χ0v) is 14.9. The van der Waals surface area contributed by atoms with Crippen LogP contribution in [0, 0.1) is 4.77 Å². The van der Waals surface area contributed by atoms with Crippen LogP contribution in [0.2, 0.25) is 5.02 Å². The molecule has 0 radical (unpaired) electrons. The second-order valence-electron chi connectivity index (χ2n) is 5.04. The predicted molar refractivity (Wildman–Crippen MR) is 99.2 cm³/mol. The van der Waals surface area contributed by atoms with Crippen molar-refractivity contribution in [3.63, 3.8) is 0 Å². The van der Waals surface area contributed by atoms with E-state index in [1.165, 1.54) is 11.0 Å². The van der Waals surface area contributed by atoms with Crippen LogP contribution in [0.5, 0.6) is 11.5 Å². The minimum atomic E-state index is 0.355. The molecule has 1 aromatic heterocycles. The van der Waals surface area contributed by atoms with Crippen molar-refractivity contribution in [3.05, 3.63) is 69.7 Å². The molecule has 3 rings (SSSR count). The Hall–Kier alpha value is -2.64. The maximum absolute atomic E-state index is 6.15. The van der Waals surface area contributed by atoms with Crippen LogP contribution in [0.25, 0.3) is 0 Å². The highest BCUT2D eigenvalue weighted by Gasteiger charge is 2.07. The molecule has 0 atom stereocenters. The Labute approximate surface area is 154 Å². The topological polar surface area (TPSA) is 64.4 Å². The SMILES string of the molecule is COc1cc(/C=N/n2cn[nH]c2=S)ccc1OCc1ccccc1Cl. The molecule has 0 bridgehead atoms. The molecule has 0 amide bonds. The van der Waals surface area contributed by atoms with Gasteiger partial charge in [-0.05, 0) is 42.0 Å². The number of hydrogen-bond acceptors (Lipinski definition) is 5. The second kappa shape index (κ2) is 7.96. The number of nitrogens with zero attached hydrogens (tertiary/aromatic N) is 3. The van der Waals surface area contributed by atoms with E-state index in [9.17, 15) is 0 Å². The molecule has 3 aromatic rings. The number of methoxy groups -OCH3 is 1. The van der Waals surface area contributed by atoms with Gasteiger partial charge in [0, 0.05) is 10.6 Å². The first-order valence-corrected chi connectivity index (χ1v) is 8.16. The fourth-order valence-electron chi connectivity index (χ4n) is 2.11. The van der Waals surface area contributed by atoms with E-state index in [0.29, 0.717) is 27.9 Å². The van der Waals surface area contributed by atoms with Crippen molar-refractivity contribution < 1.29 is 9.47 Å². The molecule has 0 unspecified atom stereocenters. The van der Waals surface area contributed by atoms with Gasteiger partial charge in [-0.15, -0.1) is 0 Å². The monoisotopic (exact) mass is 374 g/mol. The normalized spacial score (nSPS) is 11.0. The summed E-state index contributed by atoms with van der Waals surface area (Å²) in [7, 11) is 1.59. The molecule has 6 nitrogen and oxygen atoms in total. The molecule has 0 spiro atoms. The number of nitrogens with one attached hydrogen (secondary N) is 1. The minimum absolute atomic E-state index is 0.355. The van der Waals surface area contributed by atoms with Gasteiger partial charge in [0.25, 0.3) is 0 Å². The number of aromatic amines is 1. The zero-order chi connectivity index (χ0) is 17.6. The van der Waals surface area contributed by atoms with Crippen LogP contribution >= 0.6 is 23.8 Å². The van der Waals surface area contributed by atoms with Gasteiger partial charge in [0.05, 0.1) is 13.3 Å². The van der Waals surface area contributed by atoms with Gasteiger partial charge in [0.1, 0.15) is 12.9 Å². The largest absolute Gasteiger partial charge is 0.493 e. The molecule has 0 saturated carbocycles. The molecular weight excluding hydrogens is 360 g/mol. The molecule has 128 valence electrons. The Morgan fingerprint density at radius 1 is 1.28 bits per heavy atom. The first-order valence-electron chi connectivity index (χ1n) is 7.38. The van der Waals surface area contributed by atoms with Crippen molar-refractivity contribution in [1.82, 2.24) is 14.9 Å². The van der Waals surface area contributed by atoms with Crippen molar-refractivity contribution >= 4 is 30.0 Å². The minimum Gasteiger partial charge on any atom is -0.493 e. The lowest BCUT2D eigenvalue weighted by Crippen LogP contribution is -1.99. The van der Waals surface area contributed by atoms with E-state index in [2.05, 4.69) is 15.3 Å². The molecule has 0 aliphatic rings. The van der Waals surface area contributed by atoms with Crippen molar-refractivity contribution in [2.75, 3.05) is 7.11 Å². The molecule has 25 heavy (non-hydrogen) atoms. The van der Waals surface area contributed by atoms with Gasteiger partial charge < -0.3 is 9.47 Å². The van der Waals surface area contributed by atoms with E-state index >= 15 is 0 Å². The van der Waals surface area contributed by atoms with E-state index < -0.39 is 0 Å². The molecule has 1 heterocycles. The third-order valence-electron chi connectivity index (χ3n) is 3.40. The lowest BCUT2D eigenvalue weighted by Gasteiger charge is -2.12. The summed E-state index contributed by atoms with van der Waals surface area (Å²) in [5, 5.41) is 11.3. The van der Waals surface area contributed by atoms with Gasteiger partial charge in [-0.25, -0.2) is 0 Å². The standard InChI is InChI=1S/C17H15ClN4O2S/c1-23-16-8-12(9-20-22-11-19-21-17(22)25)6-7-15(16)24-10-13-4-2-3-5-14(13)18/h2-9,11H,10H2,1H3,(H,21,25)/b20-9+. The van der Waals surface area contributed by atoms with Gasteiger partial charge in [0.15, 0.2) is 11.5 Å². The second-order valence-corrected chi connectivity index (χ2v) is 5.83. The summed E-state index contributed by atoms with van der Waals surface area (Å²) in [6.45, 7) is 0.355. The van der Waals surface area contributed by atoms with E-state index in [1.54, 1.807) is 13.3 Å². The lowest BCUT2D eigenvalue weighted by atomic mass is 10.2. The summed E-state index contributed by atoms with van der Waals surface area (Å²) < 4.78 is 13.1. The first-order chi connectivity index (χ1) is 12.2. The number of H-pyrrole nitrogens is 1. The summed E-state index contributed by atoms with van der Waals surface area (Å²) in [5.74, 6) is 1.23.